The largest absolute Gasteiger partial charge is 0.343 e. The van der Waals surface area contributed by atoms with Crippen LogP contribution in [-0.2, 0) is 14.4 Å². The highest BCUT2D eigenvalue weighted by molar-refractivity contribution is 6.01. The molecule has 20 heavy (non-hydrogen) atoms. The van der Waals surface area contributed by atoms with Crippen LogP contribution in [0.2, 0.25) is 0 Å². The second kappa shape index (κ2) is 5.83. The zero-order valence-electron chi connectivity index (χ0n) is 11.2. The first-order chi connectivity index (χ1) is 9.50. The number of carbonyl (C=O) groups excluding carboxylic acids is 3. The number of imide groups is 1. The minimum atomic E-state index is -0.827. The van der Waals surface area contributed by atoms with Gasteiger partial charge in [0, 0.05) is 13.5 Å². The molecule has 1 aromatic carbocycles. The smallest absolute Gasteiger partial charge is 0.251 e. The number of carbonyl (C=O) groups is 3. The second-order valence-electron chi connectivity index (χ2n) is 4.78. The maximum absolute atomic E-state index is 12.1. The van der Waals surface area contributed by atoms with Crippen molar-refractivity contribution < 1.29 is 14.4 Å². The van der Waals surface area contributed by atoms with Gasteiger partial charge in [-0.05, 0) is 12.0 Å². The van der Waals surface area contributed by atoms with Crippen molar-refractivity contribution in [3.63, 3.8) is 0 Å². The van der Waals surface area contributed by atoms with E-state index in [1.54, 1.807) is 24.3 Å². The van der Waals surface area contributed by atoms with Gasteiger partial charge in [0.2, 0.25) is 11.8 Å². The normalized spacial score (nSPS) is 20.7. The Kier molecular flexibility index (Phi) is 4.14. The summed E-state index contributed by atoms with van der Waals surface area (Å²) in [5, 5.41) is 2.61. The van der Waals surface area contributed by atoms with E-state index in [1.807, 2.05) is 6.07 Å². The van der Waals surface area contributed by atoms with Crippen LogP contribution in [0.1, 0.15) is 24.4 Å². The number of amides is 3. The van der Waals surface area contributed by atoms with Gasteiger partial charge in [-0.2, -0.15) is 0 Å². The molecule has 2 atom stereocenters. The number of hydrogen-bond acceptors (Lipinski definition) is 4. The summed E-state index contributed by atoms with van der Waals surface area (Å²) in [5.41, 5.74) is 6.54. The van der Waals surface area contributed by atoms with Gasteiger partial charge in [0.25, 0.3) is 5.91 Å². The van der Waals surface area contributed by atoms with Crippen molar-refractivity contribution in [2.75, 3.05) is 7.05 Å². The predicted molar refractivity (Wildman–Crippen MR) is 72.3 cm³/mol. The number of hydrogen-bond donors (Lipinski definition) is 2. The number of nitrogens with one attached hydrogen (secondary N) is 1. The van der Waals surface area contributed by atoms with E-state index in [0.717, 1.165) is 4.90 Å². The third-order valence-electron chi connectivity index (χ3n) is 3.41. The molecular formula is C14H17N3O3. The van der Waals surface area contributed by atoms with Crippen LogP contribution in [0.15, 0.2) is 30.3 Å². The molecule has 0 saturated carbocycles. The van der Waals surface area contributed by atoms with E-state index in [4.69, 9.17) is 5.73 Å². The van der Waals surface area contributed by atoms with Gasteiger partial charge in [0.15, 0.2) is 0 Å². The molecule has 1 heterocycles. The first-order valence-electron chi connectivity index (χ1n) is 6.42. The SMILES string of the molecule is CN1C(=O)CCC(NC(=O)[C@@H](N)c2ccccc2)C1=O. The minimum Gasteiger partial charge on any atom is -0.343 e. The van der Waals surface area contributed by atoms with Crippen molar-refractivity contribution in [2.24, 2.45) is 5.73 Å². The van der Waals surface area contributed by atoms with Crippen molar-refractivity contribution in [2.45, 2.75) is 24.9 Å². The summed E-state index contributed by atoms with van der Waals surface area (Å²) >= 11 is 0. The maximum atomic E-state index is 12.1. The molecular weight excluding hydrogens is 258 g/mol. The van der Waals surface area contributed by atoms with Crippen molar-refractivity contribution in [1.29, 1.82) is 0 Å². The van der Waals surface area contributed by atoms with Crippen LogP contribution in [0.4, 0.5) is 0 Å². The van der Waals surface area contributed by atoms with Gasteiger partial charge in [-0.1, -0.05) is 30.3 Å². The van der Waals surface area contributed by atoms with Crippen molar-refractivity contribution in [1.82, 2.24) is 10.2 Å². The average Bonchev–Trinajstić information content (AvgIpc) is 2.48. The number of likely N-dealkylation sites (N-methyl/N-ethyl adjacent to an activating group) is 1. The predicted octanol–water partition coefficient (Wildman–Crippen LogP) is -0.0500. The number of nitrogens with two attached hydrogens (primary N) is 1. The molecule has 0 aromatic heterocycles. The van der Waals surface area contributed by atoms with Crippen molar-refractivity contribution in [3.05, 3.63) is 35.9 Å². The lowest BCUT2D eigenvalue weighted by Crippen LogP contribution is -2.54. The molecule has 1 aliphatic heterocycles. The van der Waals surface area contributed by atoms with Crippen molar-refractivity contribution >= 4 is 17.7 Å². The van der Waals surface area contributed by atoms with E-state index in [1.165, 1.54) is 7.05 Å². The molecule has 106 valence electrons. The molecule has 3 N–H and O–H groups in total. The molecule has 1 fully saturated rings. The first kappa shape index (κ1) is 14.2. The highest BCUT2D eigenvalue weighted by atomic mass is 16.2. The van der Waals surface area contributed by atoms with Gasteiger partial charge in [0.1, 0.15) is 12.1 Å². The first-order valence-corrected chi connectivity index (χ1v) is 6.42. The Balaban J connectivity index is 2.01. The van der Waals surface area contributed by atoms with Crippen LogP contribution in [-0.4, -0.2) is 35.7 Å². The zero-order chi connectivity index (χ0) is 14.7. The third kappa shape index (κ3) is 2.85. The van der Waals surface area contributed by atoms with Crippen LogP contribution in [0, 0.1) is 0 Å². The van der Waals surface area contributed by atoms with E-state index in [-0.39, 0.29) is 12.3 Å². The molecule has 3 amide bonds. The van der Waals surface area contributed by atoms with E-state index in [9.17, 15) is 14.4 Å². The second-order valence-corrected chi connectivity index (χ2v) is 4.78. The molecule has 2 rings (SSSR count). The van der Waals surface area contributed by atoms with E-state index < -0.39 is 23.9 Å². The molecule has 1 aromatic rings. The number of benzene rings is 1. The molecule has 6 nitrogen and oxygen atoms in total. The molecule has 0 radical (unpaired) electrons. The van der Waals surface area contributed by atoms with Gasteiger partial charge in [0.05, 0.1) is 0 Å². The number of likely N-dealkylation sites (tertiary alicyclic amines) is 1. The van der Waals surface area contributed by atoms with Crippen LogP contribution >= 0.6 is 0 Å². The zero-order valence-corrected chi connectivity index (χ0v) is 11.2. The summed E-state index contributed by atoms with van der Waals surface area (Å²) < 4.78 is 0. The topological polar surface area (TPSA) is 92.5 Å². The Bertz CT molecular complexity index is 530. The lowest BCUT2D eigenvalue weighted by atomic mass is 10.0. The van der Waals surface area contributed by atoms with E-state index in [0.29, 0.717) is 12.0 Å². The molecule has 1 aliphatic rings. The Hall–Kier alpha value is -2.21. The molecule has 0 bridgehead atoms. The fraction of sp³-hybridized carbons (Fsp3) is 0.357. The summed E-state index contributed by atoms with van der Waals surface area (Å²) in [6, 6.07) is 7.42. The van der Waals surface area contributed by atoms with Crippen LogP contribution in [0.3, 0.4) is 0 Å². The molecule has 1 saturated heterocycles. The van der Waals surface area contributed by atoms with E-state index in [2.05, 4.69) is 5.32 Å². The van der Waals surface area contributed by atoms with Gasteiger partial charge in [-0.3, -0.25) is 19.3 Å². The lowest BCUT2D eigenvalue weighted by molar-refractivity contribution is -0.149. The average molecular weight is 275 g/mol. The maximum Gasteiger partial charge on any atom is 0.251 e. The summed E-state index contributed by atoms with van der Waals surface area (Å²) in [4.78, 5) is 36.3. The number of nitrogens with zero attached hydrogens (tertiary/aromatic N) is 1. The molecule has 0 spiro atoms. The third-order valence-corrected chi connectivity index (χ3v) is 3.41. The van der Waals surface area contributed by atoms with Gasteiger partial charge in [-0.15, -0.1) is 0 Å². The number of piperidine rings is 1. The minimum absolute atomic E-state index is 0.229. The highest BCUT2D eigenvalue weighted by Crippen LogP contribution is 2.14. The van der Waals surface area contributed by atoms with Crippen LogP contribution in [0.25, 0.3) is 0 Å². The Morgan fingerprint density at radius 2 is 2.00 bits per heavy atom. The summed E-state index contributed by atoms with van der Waals surface area (Å²) in [6.45, 7) is 0. The fourth-order valence-electron chi connectivity index (χ4n) is 2.12. The van der Waals surface area contributed by atoms with E-state index >= 15 is 0 Å². The highest BCUT2D eigenvalue weighted by Gasteiger charge is 2.33. The quantitative estimate of drug-likeness (QED) is 0.756. The monoisotopic (exact) mass is 275 g/mol. The standard InChI is InChI=1S/C14H17N3O3/c1-17-11(18)8-7-10(14(17)20)16-13(19)12(15)9-5-3-2-4-6-9/h2-6,10,12H,7-8,15H2,1H3,(H,16,19)/t10?,12-/m0/s1. The van der Waals surface area contributed by atoms with Gasteiger partial charge in [-0.25, -0.2) is 0 Å². The molecule has 6 heteroatoms. The van der Waals surface area contributed by atoms with Crippen LogP contribution < -0.4 is 11.1 Å². The Labute approximate surface area is 116 Å². The summed E-state index contributed by atoms with van der Waals surface area (Å²) in [6.07, 6.45) is 0.559. The van der Waals surface area contributed by atoms with Gasteiger partial charge < -0.3 is 11.1 Å². The van der Waals surface area contributed by atoms with Crippen molar-refractivity contribution in [3.8, 4) is 0 Å². The molecule has 1 unspecified atom stereocenters. The number of rotatable bonds is 3. The van der Waals surface area contributed by atoms with Crippen LogP contribution in [0.5, 0.6) is 0 Å². The summed E-state index contributed by atoms with van der Waals surface area (Å²) in [5.74, 6) is -1.04. The molecule has 0 aliphatic carbocycles. The Morgan fingerprint density at radius 1 is 1.35 bits per heavy atom. The Morgan fingerprint density at radius 3 is 2.65 bits per heavy atom. The van der Waals surface area contributed by atoms with Gasteiger partial charge >= 0.3 is 0 Å². The summed E-state index contributed by atoms with van der Waals surface area (Å²) in [7, 11) is 1.42. The fourth-order valence-corrected chi connectivity index (χ4v) is 2.12. The lowest BCUT2D eigenvalue weighted by Gasteiger charge is -2.28.